The van der Waals surface area contributed by atoms with Gasteiger partial charge in [0.1, 0.15) is 0 Å². The number of rotatable bonds is 5. The molecule has 2 aliphatic carbocycles. The second-order valence-corrected chi connectivity index (χ2v) is 8.75. The van der Waals surface area contributed by atoms with Crippen LogP contribution >= 0.6 is 0 Å². The summed E-state index contributed by atoms with van der Waals surface area (Å²) in [5.41, 5.74) is 2.06. The Balaban J connectivity index is 1.44. The van der Waals surface area contributed by atoms with Crippen LogP contribution in [0.5, 0.6) is 0 Å². The molecule has 0 aliphatic heterocycles. The highest BCUT2D eigenvalue weighted by Gasteiger charge is 2.40. The van der Waals surface area contributed by atoms with Crippen molar-refractivity contribution in [3.05, 3.63) is 71.3 Å². The molecule has 0 heterocycles. The minimum absolute atomic E-state index is 0.0353. The van der Waals surface area contributed by atoms with E-state index in [1.807, 2.05) is 11.0 Å². The Kier molecular flexibility index (Phi) is 5.90. The minimum atomic E-state index is -4.27. The zero-order valence-electron chi connectivity index (χ0n) is 17.2. The average Bonchev–Trinajstić information content (AvgIpc) is 3.59. The molecule has 0 aromatic heterocycles. The minimum Gasteiger partial charge on any atom is -0.333 e. The van der Waals surface area contributed by atoms with Gasteiger partial charge in [-0.2, -0.15) is 13.2 Å². The monoisotopic (exact) mass is 415 g/mol. The van der Waals surface area contributed by atoms with Crippen LogP contribution in [0.1, 0.15) is 78.8 Å². The Morgan fingerprint density at radius 1 is 0.867 bits per heavy atom. The van der Waals surface area contributed by atoms with Gasteiger partial charge < -0.3 is 4.90 Å². The van der Waals surface area contributed by atoms with Crippen molar-refractivity contribution in [2.45, 2.75) is 75.5 Å². The first-order chi connectivity index (χ1) is 14.3. The van der Waals surface area contributed by atoms with E-state index in [1.165, 1.54) is 17.7 Å². The van der Waals surface area contributed by atoms with Crippen molar-refractivity contribution in [2.24, 2.45) is 0 Å². The summed E-state index contributed by atoms with van der Waals surface area (Å²) in [6, 6.07) is 17.1. The number of alkyl halides is 3. The predicted molar refractivity (Wildman–Crippen MR) is 112 cm³/mol. The summed E-state index contributed by atoms with van der Waals surface area (Å²) in [6.45, 7) is 1.15. The number of nitrogens with zero attached hydrogens (tertiary/aromatic N) is 1. The highest BCUT2D eigenvalue weighted by molar-refractivity contribution is 5.95. The second kappa shape index (κ2) is 8.44. The normalized spacial score (nSPS) is 23.1. The van der Waals surface area contributed by atoms with Gasteiger partial charge in [0.25, 0.3) is 5.91 Å². The maximum Gasteiger partial charge on any atom is 0.395 e. The van der Waals surface area contributed by atoms with Gasteiger partial charge >= 0.3 is 6.18 Å². The maximum atomic E-state index is 13.3. The molecule has 1 amide bonds. The van der Waals surface area contributed by atoms with Gasteiger partial charge in [-0.05, 0) is 74.6 Å². The topological polar surface area (TPSA) is 20.3 Å². The molecule has 0 radical (unpaired) electrons. The number of halogens is 3. The van der Waals surface area contributed by atoms with Gasteiger partial charge in [0.05, 0.1) is 5.92 Å². The molecule has 4 rings (SSSR count). The van der Waals surface area contributed by atoms with Gasteiger partial charge in [0.2, 0.25) is 0 Å². The van der Waals surface area contributed by atoms with E-state index in [1.54, 1.807) is 12.1 Å². The van der Waals surface area contributed by atoms with Crippen LogP contribution in [0, 0.1) is 0 Å². The van der Waals surface area contributed by atoms with E-state index in [9.17, 15) is 18.0 Å². The molecule has 2 aromatic carbocycles. The zero-order valence-corrected chi connectivity index (χ0v) is 17.2. The number of amides is 1. The van der Waals surface area contributed by atoms with Gasteiger partial charge in [-0.25, -0.2) is 0 Å². The summed E-state index contributed by atoms with van der Waals surface area (Å²) < 4.78 is 38.9. The lowest BCUT2D eigenvalue weighted by Crippen LogP contribution is -2.43. The van der Waals surface area contributed by atoms with Crippen LogP contribution in [0.3, 0.4) is 0 Å². The fourth-order valence-corrected chi connectivity index (χ4v) is 4.65. The van der Waals surface area contributed by atoms with Crippen molar-refractivity contribution in [3.8, 4) is 0 Å². The van der Waals surface area contributed by atoms with Crippen LogP contribution in [0.4, 0.5) is 13.2 Å². The third kappa shape index (κ3) is 4.55. The van der Waals surface area contributed by atoms with Crippen molar-refractivity contribution in [1.29, 1.82) is 0 Å². The van der Waals surface area contributed by atoms with Crippen LogP contribution < -0.4 is 0 Å². The van der Waals surface area contributed by atoms with Crippen LogP contribution in [0.25, 0.3) is 0 Å². The Hall–Kier alpha value is -2.30. The van der Waals surface area contributed by atoms with Crippen molar-refractivity contribution in [2.75, 3.05) is 0 Å². The lowest BCUT2D eigenvalue weighted by Gasteiger charge is -2.37. The summed E-state index contributed by atoms with van der Waals surface area (Å²) in [7, 11) is 0. The quantitative estimate of drug-likeness (QED) is 0.533. The maximum absolute atomic E-state index is 13.3. The molecule has 0 bridgehead atoms. The molecule has 160 valence electrons. The molecule has 0 saturated heterocycles. The van der Waals surface area contributed by atoms with Crippen molar-refractivity contribution >= 4 is 5.91 Å². The summed E-state index contributed by atoms with van der Waals surface area (Å²) in [4.78, 5) is 15.3. The summed E-state index contributed by atoms with van der Waals surface area (Å²) in [5, 5.41) is 0. The first-order valence-corrected chi connectivity index (χ1v) is 10.9. The summed E-state index contributed by atoms with van der Waals surface area (Å²) >= 11 is 0. The fourth-order valence-electron chi connectivity index (χ4n) is 4.65. The molecular weight excluding hydrogens is 387 g/mol. The Labute approximate surface area is 176 Å². The molecular formula is C25H28F3NO. The fraction of sp³-hybridized carbons (Fsp3) is 0.480. The number of hydrogen-bond acceptors (Lipinski definition) is 1. The van der Waals surface area contributed by atoms with Gasteiger partial charge in [-0.15, -0.1) is 0 Å². The molecule has 30 heavy (non-hydrogen) atoms. The van der Waals surface area contributed by atoms with E-state index >= 15 is 0 Å². The number of carbonyl (C=O) groups excluding carboxylic acids is 1. The van der Waals surface area contributed by atoms with Crippen LogP contribution in [-0.2, 0) is 0 Å². The Morgan fingerprint density at radius 3 is 1.90 bits per heavy atom. The van der Waals surface area contributed by atoms with E-state index in [0.29, 0.717) is 11.5 Å². The van der Waals surface area contributed by atoms with Crippen molar-refractivity contribution in [1.82, 2.24) is 4.90 Å². The van der Waals surface area contributed by atoms with Crippen LogP contribution in [-0.4, -0.2) is 29.1 Å². The molecule has 1 atom stereocenters. The molecule has 2 saturated carbocycles. The van der Waals surface area contributed by atoms with E-state index in [2.05, 4.69) is 24.3 Å². The molecule has 1 unspecified atom stereocenters. The number of carbonyl (C=O) groups is 1. The Bertz CT molecular complexity index is 850. The molecule has 2 aromatic rings. The smallest absolute Gasteiger partial charge is 0.333 e. The zero-order chi connectivity index (χ0) is 21.3. The van der Waals surface area contributed by atoms with Gasteiger partial charge in [0.15, 0.2) is 0 Å². The highest BCUT2D eigenvalue weighted by Crippen LogP contribution is 2.40. The predicted octanol–water partition coefficient (Wildman–Crippen LogP) is 6.68. The van der Waals surface area contributed by atoms with Gasteiger partial charge in [-0.3, -0.25) is 4.79 Å². The first kappa shape index (κ1) is 21.0. The van der Waals surface area contributed by atoms with Crippen molar-refractivity contribution in [3.63, 3.8) is 0 Å². The van der Waals surface area contributed by atoms with Crippen LogP contribution in [0.2, 0.25) is 0 Å². The van der Waals surface area contributed by atoms with Gasteiger partial charge in [-0.1, -0.05) is 42.5 Å². The third-order valence-electron chi connectivity index (χ3n) is 6.68. The summed E-state index contributed by atoms with van der Waals surface area (Å²) in [6.07, 6.45) is 1.85. The number of hydrogen-bond donors (Lipinski definition) is 0. The standard InChI is InChI=1S/C25H28F3NO/c1-17(25(26,27)28)18-7-9-21(10-8-18)24(30)29(23-15-16-23)22-13-11-20(12-14-22)19-5-3-2-4-6-19/h2-10,17,20,22-23H,11-16H2,1H3. The Morgan fingerprint density at radius 2 is 1.40 bits per heavy atom. The molecule has 5 heteroatoms. The third-order valence-corrected chi connectivity index (χ3v) is 6.68. The lowest BCUT2D eigenvalue weighted by atomic mass is 9.81. The highest BCUT2D eigenvalue weighted by atomic mass is 19.4. The SMILES string of the molecule is CC(c1ccc(C(=O)N(C2CCC(c3ccccc3)CC2)C2CC2)cc1)C(F)(F)F. The van der Waals surface area contributed by atoms with E-state index in [4.69, 9.17) is 0 Å². The molecule has 2 nitrogen and oxygen atoms in total. The number of benzene rings is 2. The van der Waals surface area contributed by atoms with Crippen molar-refractivity contribution < 1.29 is 18.0 Å². The van der Waals surface area contributed by atoms with E-state index in [0.717, 1.165) is 45.4 Å². The first-order valence-electron chi connectivity index (χ1n) is 10.9. The lowest BCUT2D eigenvalue weighted by molar-refractivity contribution is -0.146. The van der Waals surface area contributed by atoms with E-state index < -0.39 is 12.1 Å². The van der Waals surface area contributed by atoms with E-state index in [-0.39, 0.29) is 23.6 Å². The van der Waals surface area contributed by atoms with Gasteiger partial charge in [0, 0.05) is 17.6 Å². The average molecular weight is 415 g/mol. The molecule has 0 N–H and O–H groups in total. The molecule has 2 fully saturated rings. The summed E-state index contributed by atoms with van der Waals surface area (Å²) in [5.74, 6) is -1.02. The largest absolute Gasteiger partial charge is 0.395 e. The van der Waals surface area contributed by atoms with Crippen LogP contribution in [0.15, 0.2) is 54.6 Å². The second-order valence-electron chi connectivity index (χ2n) is 8.75. The molecule has 0 spiro atoms. The molecule has 2 aliphatic rings.